The van der Waals surface area contributed by atoms with Crippen LogP contribution in [-0.4, -0.2) is 62.4 Å². The van der Waals surface area contributed by atoms with E-state index in [2.05, 4.69) is 33.1 Å². The molecule has 0 spiro atoms. The normalized spacial score (nSPS) is 12.9. The van der Waals surface area contributed by atoms with Gasteiger partial charge in [-0.15, -0.1) is 5.10 Å². The summed E-state index contributed by atoms with van der Waals surface area (Å²) in [7, 11) is 0. The number of ether oxygens (including phenoxy) is 1. The first-order valence-corrected chi connectivity index (χ1v) is 11.1. The molecule has 11 heteroatoms. The van der Waals surface area contributed by atoms with E-state index in [1.807, 2.05) is 36.4 Å². The van der Waals surface area contributed by atoms with Crippen LogP contribution < -0.4 is 10.6 Å². The third kappa shape index (κ3) is 5.64. The molecule has 11 nitrogen and oxygen atoms in total. The summed E-state index contributed by atoms with van der Waals surface area (Å²) in [5, 5.41) is 30.6. The number of amides is 2. The fourth-order valence-corrected chi connectivity index (χ4v) is 4.08. The Balaban J connectivity index is 1.27. The molecule has 182 valence electrons. The lowest BCUT2D eigenvalue weighted by Gasteiger charge is -2.14. The number of fused-ring (bicyclic) bond motifs is 3. The lowest BCUT2D eigenvalue weighted by atomic mass is 9.98. The first-order chi connectivity index (χ1) is 17.0. The molecule has 35 heavy (non-hydrogen) atoms. The van der Waals surface area contributed by atoms with Gasteiger partial charge in [-0.3, -0.25) is 4.79 Å². The molecule has 4 rings (SSSR count). The number of carbonyl (C=O) groups excluding carboxylic acids is 2. The van der Waals surface area contributed by atoms with Crippen LogP contribution in [0.5, 0.6) is 0 Å². The molecule has 2 amide bonds. The molecule has 0 bridgehead atoms. The predicted octanol–water partition coefficient (Wildman–Crippen LogP) is 1.27. The molecule has 1 aliphatic carbocycles. The minimum absolute atomic E-state index is 0.0422. The Bertz CT molecular complexity index is 1180. The van der Waals surface area contributed by atoms with E-state index >= 15 is 0 Å². The number of carboxylic acid groups (broad SMARTS) is 1. The van der Waals surface area contributed by atoms with Crippen LogP contribution in [0, 0.1) is 0 Å². The van der Waals surface area contributed by atoms with Crippen LogP contribution >= 0.6 is 0 Å². The minimum atomic E-state index is -1.24. The quantitative estimate of drug-likeness (QED) is 0.339. The van der Waals surface area contributed by atoms with Gasteiger partial charge in [0.2, 0.25) is 5.91 Å². The van der Waals surface area contributed by atoms with Crippen molar-refractivity contribution in [1.29, 1.82) is 0 Å². The number of nitrogens with one attached hydrogen (secondary N) is 2. The molecule has 1 heterocycles. The van der Waals surface area contributed by atoms with Gasteiger partial charge in [0.05, 0.1) is 12.7 Å². The van der Waals surface area contributed by atoms with Crippen LogP contribution in [0.1, 0.15) is 29.2 Å². The Morgan fingerprint density at radius 2 is 1.71 bits per heavy atom. The van der Waals surface area contributed by atoms with E-state index < -0.39 is 24.0 Å². The molecule has 1 atom stereocenters. The highest BCUT2D eigenvalue weighted by Crippen LogP contribution is 2.44. The molecule has 0 radical (unpaired) electrons. The largest absolute Gasteiger partial charge is 0.480 e. The van der Waals surface area contributed by atoms with Gasteiger partial charge in [-0.1, -0.05) is 53.7 Å². The number of aliphatic hydroxyl groups excluding tert-OH is 1. The third-order valence-corrected chi connectivity index (χ3v) is 5.70. The number of alkyl carbamates (subject to hydrolysis) is 1. The van der Waals surface area contributed by atoms with Crippen molar-refractivity contribution < 1.29 is 29.3 Å². The van der Waals surface area contributed by atoms with E-state index in [1.54, 1.807) is 0 Å². The lowest BCUT2D eigenvalue weighted by molar-refractivity contribution is -0.142. The number of carboxylic acids is 1. The van der Waals surface area contributed by atoms with Gasteiger partial charge in [0.25, 0.3) is 0 Å². The first kappa shape index (κ1) is 23.9. The van der Waals surface area contributed by atoms with E-state index in [4.69, 9.17) is 14.9 Å². The van der Waals surface area contributed by atoms with Crippen LogP contribution in [0.3, 0.4) is 0 Å². The van der Waals surface area contributed by atoms with E-state index in [1.165, 1.54) is 10.9 Å². The van der Waals surface area contributed by atoms with E-state index in [0.29, 0.717) is 5.69 Å². The number of benzene rings is 2. The SMILES string of the molecule is O=C(Cn1cc(CNC(=O)OCC2c3ccccc3-c3ccccc32)nn1)N[C@H](CCO)C(=O)O. The van der Waals surface area contributed by atoms with Crippen molar-refractivity contribution in [2.24, 2.45) is 0 Å². The molecule has 0 saturated carbocycles. The molecule has 4 N–H and O–H groups in total. The highest BCUT2D eigenvalue weighted by Gasteiger charge is 2.29. The number of rotatable bonds is 10. The highest BCUT2D eigenvalue weighted by molar-refractivity contribution is 5.83. The maximum atomic E-state index is 12.3. The van der Waals surface area contributed by atoms with Crippen LogP contribution in [0.25, 0.3) is 11.1 Å². The molecule has 3 aromatic rings. The summed E-state index contributed by atoms with van der Waals surface area (Å²) < 4.78 is 6.70. The van der Waals surface area contributed by atoms with Crippen molar-refractivity contribution in [3.05, 3.63) is 71.5 Å². The summed E-state index contributed by atoms with van der Waals surface area (Å²) in [5.74, 6) is -1.88. The molecule has 0 aliphatic heterocycles. The average molecular weight is 479 g/mol. The van der Waals surface area contributed by atoms with Crippen LogP contribution in [0.4, 0.5) is 4.79 Å². The number of nitrogens with zero attached hydrogens (tertiary/aromatic N) is 3. The second-order valence-electron chi connectivity index (χ2n) is 8.06. The van der Waals surface area contributed by atoms with Crippen molar-refractivity contribution in [3.63, 3.8) is 0 Å². The zero-order chi connectivity index (χ0) is 24.8. The van der Waals surface area contributed by atoms with Gasteiger partial charge in [0.1, 0.15) is 24.9 Å². The molecular weight excluding hydrogens is 454 g/mol. The molecular formula is C24H25N5O6. The van der Waals surface area contributed by atoms with Gasteiger partial charge in [-0.05, 0) is 22.3 Å². The van der Waals surface area contributed by atoms with Crippen LogP contribution in [0.2, 0.25) is 0 Å². The maximum absolute atomic E-state index is 12.3. The number of aliphatic carboxylic acids is 1. The van der Waals surface area contributed by atoms with Gasteiger partial charge >= 0.3 is 12.1 Å². The van der Waals surface area contributed by atoms with E-state index in [9.17, 15) is 14.4 Å². The fraction of sp³-hybridized carbons (Fsp3) is 0.292. The Labute approximate surface area is 200 Å². The Hall–Kier alpha value is -4.25. The Kier molecular flexibility index (Phi) is 7.36. The predicted molar refractivity (Wildman–Crippen MR) is 123 cm³/mol. The summed E-state index contributed by atoms with van der Waals surface area (Å²) in [6, 6.07) is 14.9. The van der Waals surface area contributed by atoms with E-state index in [0.717, 1.165) is 22.3 Å². The summed E-state index contributed by atoms with van der Waals surface area (Å²) in [4.78, 5) is 35.4. The van der Waals surface area contributed by atoms with Gasteiger partial charge in [0, 0.05) is 18.9 Å². The zero-order valence-electron chi connectivity index (χ0n) is 18.8. The lowest BCUT2D eigenvalue weighted by Crippen LogP contribution is -2.42. The number of carbonyl (C=O) groups is 3. The maximum Gasteiger partial charge on any atom is 0.407 e. The van der Waals surface area contributed by atoms with Crippen LogP contribution in [0.15, 0.2) is 54.7 Å². The summed E-state index contributed by atoms with van der Waals surface area (Å²) in [6.07, 6.45) is 0.756. The second-order valence-corrected chi connectivity index (χ2v) is 8.06. The van der Waals surface area contributed by atoms with Crippen molar-refractivity contribution in [3.8, 4) is 11.1 Å². The van der Waals surface area contributed by atoms with Crippen molar-refractivity contribution in [2.75, 3.05) is 13.2 Å². The fourth-order valence-electron chi connectivity index (χ4n) is 4.08. The number of hydrogen-bond acceptors (Lipinski definition) is 7. The number of hydrogen-bond donors (Lipinski definition) is 4. The Morgan fingerprint density at radius 3 is 2.34 bits per heavy atom. The standard InChI is InChI=1S/C24H25N5O6/c30-10-9-21(23(32)33)26-22(31)13-29-12-15(27-28-29)11-25-24(34)35-14-20-18-7-3-1-5-16(18)17-6-2-4-8-19(17)20/h1-8,12,20-21,30H,9-11,13-14H2,(H,25,34)(H,26,31)(H,32,33)/t21-/m1/s1. The molecule has 1 aliphatic rings. The topological polar surface area (TPSA) is 156 Å². The second kappa shape index (κ2) is 10.8. The number of aliphatic hydroxyl groups is 1. The van der Waals surface area contributed by atoms with Crippen LogP contribution in [-0.2, 0) is 27.4 Å². The highest BCUT2D eigenvalue weighted by atomic mass is 16.5. The summed E-state index contributed by atoms with van der Waals surface area (Å²) >= 11 is 0. The summed E-state index contributed by atoms with van der Waals surface area (Å²) in [6.45, 7) is -0.398. The average Bonchev–Trinajstić information content (AvgIpc) is 3.43. The monoisotopic (exact) mass is 479 g/mol. The molecule has 0 saturated heterocycles. The van der Waals surface area contributed by atoms with Gasteiger partial charge < -0.3 is 25.6 Å². The Morgan fingerprint density at radius 1 is 1.06 bits per heavy atom. The summed E-state index contributed by atoms with van der Waals surface area (Å²) in [5.41, 5.74) is 4.92. The number of aromatic nitrogens is 3. The zero-order valence-corrected chi connectivity index (χ0v) is 18.8. The van der Waals surface area contributed by atoms with Crippen molar-refractivity contribution in [1.82, 2.24) is 25.6 Å². The van der Waals surface area contributed by atoms with Gasteiger partial charge in [-0.25, -0.2) is 14.3 Å². The molecule has 0 fully saturated rings. The molecule has 1 aromatic heterocycles. The van der Waals surface area contributed by atoms with E-state index in [-0.39, 0.29) is 38.6 Å². The first-order valence-electron chi connectivity index (χ1n) is 11.1. The smallest absolute Gasteiger partial charge is 0.407 e. The minimum Gasteiger partial charge on any atom is -0.480 e. The van der Waals surface area contributed by atoms with Crippen molar-refractivity contribution >= 4 is 18.0 Å². The van der Waals surface area contributed by atoms with Crippen molar-refractivity contribution in [2.45, 2.75) is 31.5 Å². The van der Waals surface area contributed by atoms with Gasteiger partial charge in [0.15, 0.2) is 0 Å². The molecule has 2 aromatic carbocycles. The third-order valence-electron chi connectivity index (χ3n) is 5.70. The van der Waals surface area contributed by atoms with Gasteiger partial charge in [-0.2, -0.15) is 0 Å². The molecule has 0 unspecified atom stereocenters.